The molecule has 32 heavy (non-hydrogen) atoms. The van der Waals surface area contributed by atoms with Crippen LogP contribution in [0.5, 0.6) is 0 Å². The highest BCUT2D eigenvalue weighted by atomic mass is 19.4. The Morgan fingerprint density at radius 3 is 2.16 bits per heavy atom. The molecule has 0 spiro atoms. The summed E-state index contributed by atoms with van der Waals surface area (Å²) in [5, 5.41) is 3.06. The number of urea groups is 1. The Hall–Kier alpha value is -3.76. The second kappa shape index (κ2) is 7.43. The van der Waals surface area contributed by atoms with Gasteiger partial charge in [0.05, 0.1) is 17.7 Å². The van der Waals surface area contributed by atoms with Crippen LogP contribution >= 0.6 is 0 Å². The van der Waals surface area contributed by atoms with Gasteiger partial charge < -0.3 is 10.3 Å². The number of rotatable bonds is 3. The number of fused-ring (bicyclic) bond motifs is 1. The Morgan fingerprint density at radius 1 is 0.906 bits per heavy atom. The van der Waals surface area contributed by atoms with Crippen molar-refractivity contribution in [2.24, 2.45) is 0 Å². The van der Waals surface area contributed by atoms with Crippen LogP contribution in [0.1, 0.15) is 22.3 Å². The Kier molecular flexibility index (Phi) is 4.99. The molecule has 3 amide bonds. The van der Waals surface area contributed by atoms with Crippen LogP contribution in [0.15, 0.2) is 54.4 Å². The molecule has 3 aromatic rings. The van der Waals surface area contributed by atoms with E-state index in [4.69, 9.17) is 0 Å². The summed E-state index contributed by atoms with van der Waals surface area (Å²) in [4.78, 5) is 28.5. The van der Waals surface area contributed by atoms with Crippen molar-refractivity contribution in [3.63, 3.8) is 0 Å². The van der Waals surface area contributed by atoms with E-state index in [0.717, 1.165) is 10.9 Å². The second-order valence-corrected chi connectivity index (χ2v) is 7.08. The summed E-state index contributed by atoms with van der Waals surface area (Å²) in [5.74, 6) is -0.869. The average Bonchev–Trinajstić information content (AvgIpc) is 3.23. The molecule has 1 saturated heterocycles. The van der Waals surface area contributed by atoms with Gasteiger partial charge in [0, 0.05) is 22.7 Å². The van der Waals surface area contributed by atoms with Crippen LogP contribution in [0.3, 0.4) is 0 Å². The van der Waals surface area contributed by atoms with Crippen LogP contribution in [-0.4, -0.2) is 21.8 Å². The first-order valence-corrected chi connectivity index (χ1v) is 9.12. The van der Waals surface area contributed by atoms with Gasteiger partial charge in [-0.3, -0.25) is 9.69 Å². The third-order valence-corrected chi connectivity index (χ3v) is 4.87. The summed E-state index contributed by atoms with van der Waals surface area (Å²) in [5.41, 5.74) is -2.33. The predicted octanol–water partition coefficient (Wildman–Crippen LogP) is 5.30. The van der Waals surface area contributed by atoms with Crippen LogP contribution in [0, 0.1) is 0 Å². The van der Waals surface area contributed by atoms with Crippen molar-refractivity contribution in [2.45, 2.75) is 18.9 Å². The van der Waals surface area contributed by atoms with Gasteiger partial charge in [-0.2, -0.15) is 26.3 Å². The highest BCUT2D eigenvalue weighted by molar-refractivity contribution is 6.14. The molecule has 0 aliphatic carbocycles. The van der Waals surface area contributed by atoms with Gasteiger partial charge in [0.15, 0.2) is 0 Å². The maximum absolute atomic E-state index is 13.1. The highest BCUT2D eigenvalue weighted by Crippen LogP contribution is 2.36. The lowest BCUT2D eigenvalue weighted by Crippen LogP contribution is -2.30. The van der Waals surface area contributed by atoms with Gasteiger partial charge in [0.1, 0.15) is 5.70 Å². The Labute approximate surface area is 176 Å². The average molecular weight is 453 g/mol. The van der Waals surface area contributed by atoms with Gasteiger partial charge in [-0.15, -0.1) is 0 Å². The first-order chi connectivity index (χ1) is 14.9. The number of nitrogens with zero attached hydrogens (tertiary/aromatic N) is 1. The van der Waals surface area contributed by atoms with Crippen LogP contribution in [0.25, 0.3) is 17.0 Å². The van der Waals surface area contributed by atoms with E-state index in [0.29, 0.717) is 22.6 Å². The lowest BCUT2D eigenvalue weighted by atomic mass is 10.0. The van der Waals surface area contributed by atoms with Gasteiger partial charge in [-0.05, 0) is 35.9 Å². The zero-order valence-corrected chi connectivity index (χ0v) is 15.9. The molecular formula is C21H13F6N3O2. The standard InChI is InChI=1S/C21H13F6N3O2/c22-20(23,24)13-5-11(6-14(8-13)21(25,26)27)10-30-18(31)17(29-19(30)32)7-12-9-28-16-4-2-1-3-15(12)16/h1-9,28H,10H2,(H,29,32). The number of amides is 3. The number of aromatic amines is 1. The molecule has 2 N–H and O–H groups in total. The molecule has 5 nitrogen and oxygen atoms in total. The number of carbonyl (C=O) groups is 2. The molecular weight excluding hydrogens is 440 g/mol. The minimum absolute atomic E-state index is 0.0162. The van der Waals surface area contributed by atoms with E-state index in [9.17, 15) is 35.9 Å². The van der Waals surface area contributed by atoms with E-state index in [1.807, 2.05) is 0 Å². The van der Waals surface area contributed by atoms with Gasteiger partial charge in [-0.25, -0.2) is 4.79 Å². The molecule has 0 bridgehead atoms. The lowest BCUT2D eigenvalue weighted by Gasteiger charge is -2.17. The smallest absolute Gasteiger partial charge is 0.361 e. The fraction of sp³-hybridized carbons (Fsp3) is 0.143. The second-order valence-electron chi connectivity index (χ2n) is 7.08. The van der Waals surface area contributed by atoms with Crippen molar-refractivity contribution in [1.29, 1.82) is 0 Å². The van der Waals surface area contributed by atoms with Crippen LogP contribution in [0.2, 0.25) is 0 Å². The summed E-state index contributed by atoms with van der Waals surface area (Å²) >= 11 is 0. The van der Waals surface area contributed by atoms with Gasteiger partial charge in [-0.1, -0.05) is 18.2 Å². The third kappa shape index (κ3) is 4.05. The molecule has 1 aliphatic heterocycles. The Morgan fingerprint density at radius 2 is 1.53 bits per heavy atom. The predicted molar refractivity (Wildman–Crippen MR) is 102 cm³/mol. The van der Waals surface area contributed by atoms with Gasteiger partial charge in [0.2, 0.25) is 0 Å². The first-order valence-electron chi connectivity index (χ1n) is 9.12. The molecule has 0 radical (unpaired) electrons. The molecule has 0 atom stereocenters. The molecule has 166 valence electrons. The van der Waals surface area contributed by atoms with E-state index in [-0.39, 0.29) is 11.8 Å². The number of hydrogen-bond acceptors (Lipinski definition) is 2. The summed E-state index contributed by atoms with van der Waals surface area (Å²) in [6.07, 6.45) is -7.09. The van der Waals surface area contributed by atoms with Crippen molar-refractivity contribution in [2.75, 3.05) is 0 Å². The molecule has 1 fully saturated rings. The van der Waals surface area contributed by atoms with Gasteiger partial charge in [0.25, 0.3) is 5.91 Å². The van der Waals surface area contributed by atoms with Crippen LogP contribution in [0.4, 0.5) is 31.1 Å². The molecule has 4 rings (SSSR count). The molecule has 0 saturated carbocycles. The number of benzene rings is 2. The number of hydrogen-bond donors (Lipinski definition) is 2. The van der Waals surface area contributed by atoms with Crippen LogP contribution in [-0.2, 0) is 23.7 Å². The molecule has 1 aromatic heterocycles. The third-order valence-electron chi connectivity index (χ3n) is 4.87. The fourth-order valence-electron chi connectivity index (χ4n) is 3.38. The molecule has 0 unspecified atom stereocenters. The number of H-pyrrole nitrogens is 1. The molecule has 11 heteroatoms. The number of carbonyl (C=O) groups excluding carboxylic acids is 2. The molecule has 2 heterocycles. The minimum Gasteiger partial charge on any atom is -0.361 e. The zero-order valence-electron chi connectivity index (χ0n) is 15.9. The van der Waals surface area contributed by atoms with Crippen molar-refractivity contribution >= 4 is 28.9 Å². The summed E-state index contributed by atoms with van der Waals surface area (Å²) < 4.78 is 78.4. The van der Waals surface area contributed by atoms with E-state index < -0.39 is 47.5 Å². The Balaban J connectivity index is 1.65. The quantitative estimate of drug-likeness (QED) is 0.321. The maximum Gasteiger partial charge on any atom is 0.416 e. The Bertz CT molecular complexity index is 1220. The van der Waals surface area contributed by atoms with Crippen molar-refractivity contribution in [3.05, 3.63) is 76.6 Å². The lowest BCUT2D eigenvalue weighted by molar-refractivity contribution is -0.143. The molecule has 2 aromatic carbocycles. The van der Waals surface area contributed by atoms with E-state index in [1.54, 1.807) is 30.5 Å². The van der Waals surface area contributed by atoms with Gasteiger partial charge >= 0.3 is 18.4 Å². The van der Waals surface area contributed by atoms with Crippen molar-refractivity contribution < 1.29 is 35.9 Å². The number of aromatic nitrogens is 1. The number of imide groups is 1. The summed E-state index contributed by atoms with van der Waals surface area (Å²) in [7, 11) is 0. The minimum atomic E-state index is -5.03. The first kappa shape index (κ1) is 21.5. The van der Waals surface area contributed by atoms with E-state index in [1.165, 1.54) is 6.08 Å². The highest BCUT2D eigenvalue weighted by Gasteiger charge is 2.38. The number of halogens is 6. The normalized spacial score (nSPS) is 16.3. The number of nitrogens with one attached hydrogen (secondary N) is 2. The van der Waals surface area contributed by atoms with E-state index in [2.05, 4.69) is 10.3 Å². The van der Waals surface area contributed by atoms with Crippen molar-refractivity contribution in [3.8, 4) is 0 Å². The zero-order chi connectivity index (χ0) is 23.3. The van der Waals surface area contributed by atoms with Crippen LogP contribution < -0.4 is 5.32 Å². The van der Waals surface area contributed by atoms with E-state index >= 15 is 0 Å². The summed E-state index contributed by atoms with van der Waals surface area (Å²) in [6.45, 7) is -0.761. The largest absolute Gasteiger partial charge is 0.416 e. The molecule has 1 aliphatic rings. The number of para-hydroxylation sites is 1. The monoisotopic (exact) mass is 453 g/mol. The van der Waals surface area contributed by atoms with Crippen molar-refractivity contribution in [1.82, 2.24) is 15.2 Å². The maximum atomic E-state index is 13.1. The fourth-order valence-corrected chi connectivity index (χ4v) is 3.38. The topological polar surface area (TPSA) is 65.2 Å². The SMILES string of the molecule is O=C1NC(=Cc2c[nH]c3ccccc23)C(=O)N1Cc1cc(C(F)(F)F)cc(C(F)(F)F)c1. The summed E-state index contributed by atoms with van der Waals surface area (Å²) in [6, 6.07) is 7.14. The number of alkyl halides is 6.